The number of imidazole rings is 1. The number of rotatable bonds is 2. The van der Waals surface area contributed by atoms with Crippen LogP contribution in [0.3, 0.4) is 0 Å². The van der Waals surface area contributed by atoms with Crippen molar-refractivity contribution >= 4 is 11.0 Å². The van der Waals surface area contributed by atoms with Gasteiger partial charge in [0.15, 0.2) is 11.7 Å². The molecule has 0 aromatic carbocycles. The third-order valence-electron chi connectivity index (χ3n) is 3.38. The van der Waals surface area contributed by atoms with Crippen LogP contribution >= 0.6 is 0 Å². The lowest BCUT2D eigenvalue weighted by molar-refractivity contribution is -0.0509. The zero-order valence-electron chi connectivity index (χ0n) is 10.6. The lowest BCUT2D eigenvalue weighted by Crippen LogP contribution is -2.33. The summed E-state index contributed by atoms with van der Waals surface area (Å²) in [7, 11) is 0. The van der Waals surface area contributed by atoms with Gasteiger partial charge in [-0.1, -0.05) is 0 Å². The number of nitrogens with one attached hydrogen (secondary N) is 1. The van der Waals surface area contributed by atoms with E-state index in [2.05, 4.69) is 15.0 Å². The van der Waals surface area contributed by atoms with E-state index in [0.29, 0.717) is 0 Å². The first-order valence-corrected chi connectivity index (χ1v) is 6.11. The molecule has 2 aromatic rings. The average Bonchev–Trinajstić information content (AvgIpc) is 2.98. The molecule has 1 saturated heterocycles. The van der Waals surface area contributed by atoms with Crippen LogP contribution in [0.2, 0.25) is 0 Å². The third-order valence-corrected chi connectivity index (χ3v) is 3.38. The van der Waals surface area contributed by atoms with Gasteiger partial charge in [0.05, 0.1) is 19.3 Å². The Balaban J connectivity index is 2.20. The van der Waals surface area contributed by atoms with Crippen molar-refractivity contribution in [2.45, 2.75) is 24.5 Å². The highest BCUT2D eigenvalue weighted by atomic mass is 16.6. The van der Waals surface area contributed by atoms with Crippen molar-refractivity contribution in [1.82, 2.24) is 19.5 Å². The summed E-state index contributed by atoms with van der Waals surface area (Å²) in [5, 5.41) is 28.8. The van der Waals surface area contributed by atoms with Crippen LogP contribution in [0.5, 0.6) is 0 Å². The fourth-order valence-electron chi connectivity index (χ4n) is 2.32. The van der Waals surface area contributed by atoms with Crippen molar-refractivity contribution in [2.24, 2.45) is 0 Å². The molecule has 21 heavy (non-hydrogen) atoms. The molecule has 0 saturated carbocycles. The van der Waals surface area contributed by atoms with Crippen LogP contribution in [0.1, 0.15) is 6.23 Å². The van der Waals surface area contributed by atoms with Gasteiger partial charge in [0.2, 0.25) is 0 Å². The molecule has 0 bridgehead atoms. The predicted octanol–water partition coefficient (Wildman–Crippen LogP) is -2.91. The molecule has 10 nitrogen and oxygen atoms in total. The number of fused-ring (bicyclic) bond motifs is 1. The summed E-state index contributed by atoms with van der Waals surface area (Å²) in [5.74, 6) is 0. The van der Waals surface area contributed by atoms with Crippen molar-refractivity contribution in [3.05, 3.63) is 33.4 Å². The monoisotopic (exact) mass is 296 g/mol. The number of aromatic amines is 1. The van der Waals surface area contributed by atoms with Gasteiger partial charge >= 0.3 is 0 Å². The number of H-pyrrole nitrogens is 1. The number of nitrogens with zero attached hydrogens (tertiary/aromatic N) is 3. The van der Waals surface area contributed by atoms with Crippen LogP contribution in [-0.2, 0) is 4.74 Å². The second-order valence-corrected chi connectivity index (χ2v) is 4.61. The zero-order valence-corrected chi connectivity index (χ0v) is 10.6. The molecule has 1 aliphatic rings. The highest BCUT2D eigenvalue weighted by Gasteiger charge is 2.44. The maximum Gasteiger partial charge on any atom is 0.299 e. The van der Waals surface area contributed by atoms with Crippen LogP contribution in [0.15, 0.2) is 22.2 Å². The number of hydrogen-bond donors (Lipinski definition) is 4. The van der Waals surface area contributed by atoms with Crippen LogP contribution in [0, 0.1) is 0 Å². The first-order chi connectivity index (χ1) is 10.0. The normalized spacial score (nSPS) is 29.1. The molecule has 4 atom stereocenters. The Morgan fingerprint density at radius 1 is 1.29 bits per heavy atom. The van der Waals surface area contributed by atoms with Crippen molar-refractivity contribution in [3.8, 4) is 0 Å². The molecular formula is C11H12N4O6. The van der Waals surface area contributed by atoms with Gasteiger partial charge in [-0.3, -0.25) is 14.2 Å². The third kappa shape index (κ3) is 2.05. The van der Waals surface area contributed by atoms with Gasteiger partial charge in [0, 0.05) is 0 Å². The predicted molar refractivity (Wildman–Crippen MR) is 67.4 cm³/mol. The summed E-state index contributed by atoms with van der Waals surface area (Å²) in [5.41, 5.74) is -1.67. The summed E-state index contributed by atoms with van der Waals surface area (Å²) < 4.78 is 6.45. The molecule has 0 aliphatic carbocycles. The zero-order chi connectivity index (χ0) is 15.1. The highest BCUT2D eigenvalue weighted by molar-refractivity contribution is 5.72. The van der Waals surface area contributed by atoms with Gasteiger partial charge < -0.3 is 25.0 Å². The highest BCUT2D eigenvalue weighted by Crippen LogP contribution is 2.30. The quantitative estimate of drug-likeness (QED) is 0.460. The Hall–Kier alpha value is -2.14. The number of aliphatic hydroxyl groups is 3. The van der Waals surface area contributed by atoms with E-state index in [4.69, 9.17) is 9.84 Å². The van der Waals surface area contributed by atoms with E-state index in [9.17, 15) is 19.8 Å². The topological polar surface area (TPSA) is 151 Å². The minimum Gasteiger partial charge on any atom is -0.394 e. The average molecular weight is 296 g/mol. The molecule has 3 heterocycles. The van der Waals surface area contributed by atoms with Crippen LogP contribution in [0.4, 0.5) is 0 Å². The van der Waals surface area contributed by atoms with Gasteiger partial charge in [-0.25, -0.2) is 4.98 Å². The molecule has 4 N–H and O–H groups in total. The molecule has 0 radical (unpaired) electrons. The van der Waals surface area contributed by atoms with Crippen LogP contribution in [0.25, 0.3) is 11.0 Å². The van der Waals surface area contributed by atoms with Crippen molar-refractivity contribution < 1.29 is 20.1 Å². The van der Waals surface area contributed by atoms with Gasteiger partial charge in [-0.15, -0.1) is 0 Å². The molecule has 10 heteroatoms. The van der Waals surface area contributed by atoms with E-state index in [1.165, 1.54) is 0 Å². The van der Waals surface area contributed by atoms with E-state index in [1.54, 1.807) is 0 Å². The Bertz CT molecular complexity index is 786. The summed E-state index contributed by atoms with van der Waals surface area (Å²) in [6.07, 6.45) is -2.75. The van der Waals surface area contributed by atoms with Crippen molar-refractivity contribution in [2.75, 3.05) is 6.61 Å². The smallest absolute Gasteiger partial charge is 0.299 e. The van der Waals surface area contributed by atoms with Gasteiger partial charge in [0.1, 0.15) is 23.8 Å². The number of ether oxygens (including phenoxy) is 1. The van der Waals surface area contributed by atoms with E-state index < -0.39 is 42.3 Å². The minimum absolute atomic E-state index is 0.132. The fraction of sp³-hybridized carbons (Fsp3) is 0.455. The largest absolute Gasteiger partial charge is 0.394 e. The molecule has 0 spiro atoms. The molecule has 0 amide bonds. The van der Waals surface area contributed by atoms with Gasteiger partial charge in [0.25, 0.3) is 11.1 Å². The maximum absolute atomic E-state index is 12.0. The maximum atomic E-state index is 12.0. The van der Waals surface area contributed by atoms with E-state index in [0.717, 1.165) is 17.2 Å². The first-order valence-electron chi connectivity index (χ1n) is 6.11. The molecule has 1 aliphatic heterocycles. The molecule has 0 unspecified atom stereocenters. The number of aromatic nitrogens is 4. The molecule has 3 rings (SSSR count). The van der Waals surface area contributed by atoms with E-state index in [-0.39, 0.29) is 11.0 Å². The molecule has 2 aromatic heterocycles. The lowest BCUT2D eigenvalue weighted by atomic mass is 10.1. The number of hydrogen-bond acceptors (Lipinski definition) is 8. The Kier molecular flexibility index (Phi) is 3.29. The summed E-state index contributed by atoms with van der Waals surface area (Å²) in [4.78, 5) is 33.2. The Labute approximate surface area is 116 Å². The second kappa shape index (κ2) is 5.00. The van der Waals surface area contributed by atoms with Crippen molar-refractivity contribution in [1.29, 1.82) is 0 Å². The minimum atomic E-state index is -1.38. The van der Waals surface area contributed by atoms with E-state index in [1.807, 2.05) is 0 Å². The number of aliphatic hydroxyl groups excluding tert-OH is 3. The summed E-state index contributed by atoms with van der Waals surface area (Å²) in [6.45, 7) is -0.500. The molecule has 112 valence electrons. The fourth-order valence-corrected chi connectivity index (χ4v) is 2.32. The van der Waals surface area contributed by atoms with Crippen LogP contribution in [-0.4, -0.2) is 59.8 Å². The molecular weight excluding hydrogens is 284 g/mol. The summed E-state index contributed by atoms with van der Waals surface area (Å²) in [6, 6.07) is 0. The Morgan fingerprint density at radius 3 is 2.71 bits per heavy atom. The van der Waals surface area contributed by atoms with Gasteiger partial charge in [-0.2, -0.15) is 4.98 Å². The first kappa shape index (κ1) is 13.8. The second-order valence-electron chi connectivity index (χ2n) is 4.61. The summed E-state index contributed by atoms with van der Waals surface area (Å²) >= 11 is 0. The van der Waals surface area contributed by atoms with E-state index >= 15 is 0 Å². The standard InChI is InChI=1S/C11H12N4O6/c16-1-4-7(17)8(18)11(21-4)15-3-14-5-6(15)10(20)13-2-12-9(5)19/h2-4,7-8,11,16-18H,1H2,(H,12,13,19,20)/t4-,7-,8-,11-/m0/s1. The van der Waals surface area contributed by atoms with Gasteiger partial charge in [-0.05, 0) is 0 Å². The van der Waals surface area contributed by atoms with Crippen molar-refractivity contribution in [3.63, 3.8) is 0 Å². The van der Waals surface area contributed by atoms with Crippen LogP contribution < -0.4 is 11.1 Å². The lowest BCUT2D eigenvalue weighted by Gasteiger charge is -2.16. The Morgan fingerprint density at radius 2 is 2.05 bits per heavy atom. The molecule has 1 fully saturated rings. The SMILES string of the molecule is O=c1nc[nH]c(=O)c2c1ncn2[C@H]1O[C@@H](CO)[C@H](O)[C@@H]1O.